The van der Waals surface area contributed by atoms with Gasteiger partial charge in [-0.2, -0.15) is 4.98 Å². The second-order valence-electron chi connectivity index (χ2n) is 3.17. The molecule has 2 rings (SSSR count). The predicted octanol–water partition coefficient (Wildman–Crippen LogP) is -1.44. The summed E-state index contributed by atoms with van der Waals surface area (Å²) < 4.78 is 4.82. The molecule has 0 spiro atoms. The van der Waals surface area contributed by atoms with Crippen molar-refractivity contribution in [1.29, 1.82) is 0 Å². The predicted molar refractivity (Wildman–Crippen MR) is 44.2 cm³/mol. The molecule has 2 atom stereocenters. The number of rotatable bonds is 2. The largest absolute Gasteiger partial charge is 0.392 e. The van der Waals surface area contributed by atoms with E-state index in [1.807, 2.05) is 0 Å². The number of carbonyl (C=O) groups is 1. The minimum absolute atomic E-state index is 0.136. The van der Waals surface area contributed by atoms with Gasteiger partial charge in [-0.15, -0.1) is 0 Å². The maximum atomic E-state index is 10.7. The van der Waals surface area contributed by atoms with Gasteiger partial charge in [-0.3, -0.25) is 4.79 Å². The van der Waals surface area contributed by atoms with Gasteiger partial charge in [-0.25, -0.2) is 0 Å². The number of amides is 1. The van der Waals surface area contributed by atoms with Gasteiger partial charge in [0.2, 0.25) is 5.89 Å². The van der Waals surface area contributed by atoms with Gasteiger partial charge in [0.05, 0.1) is 12.1 Å². The first kappa shape index (κ1) is 9.10. The standard InChI is InChI=1S/C7H10N4O3/c8-5(13)6-10-7(14-11-6)4-1-3(12)2-9-4/h3-4,9,12H,1-2H2,(H2,8,13). The number of aliphatic hydroxyl groups is 1. The maximum Gasteiger partial charge on any atom is 0.290 e. The molecule has 1 aliphatic rings. The summed E-state index contributed by atoms with van der Waals surface area (Å²) in [6, 6.07) is -0.189. The van der Waals surface area contributed by atoms with Crippen molar-refractivity contribution < 1.29 is 14.4 Å². The molecule has 76 valence electrons. The summed E-state index contributed by atoms with van der Waals surface area (Å²) in [7, 11) is 0. The third kappa shape index (κ3) is 1.59. The van der Waals surface area contributed by atoms with E-state index in [2.05, 4.69) is 15.5 Å². The lowest BCUT2D eigenvalue weighted by atomic mass is 10.2. The van der Waals surface area contributed by atoms with Crippen LogP contribution in [0.1, 0.15) is 29.0 Å². The van der Waals surface area contributed by atoms with Crippen molar-refractivity contribution in [1.82, 2.24) is 15.5 Å². The molecule has 0 aromatic carbocycles. The number of carbonyl (C=O) groups excluding carboxylic acids is 1. The molecule has 1 fully saturated rings. The van der Waals surface area contributed by atoms with Crippen LogP contribution in [-0.2, 0) is 0 Å². The summed E-state index contributed by atoms with van der Waals surface area (Å²) in [5, 5.41) is 15.6. The highest BCUT2D eigenvalue weighted by Crippen LogP contribution is 2.21. The van der Waals surface area contributed by atoms with Crippen LogP contribution in [0.2, 0.25) is 0 Å². The molecule has 7 nitrogen and oxygen atoms in total. The van der Waals surface area contributed by atoms with Crippen molar-refractivity contribution in [3.8, 4) is 0 Å². The van der Waals surface area contributed by atoms with Gasteiger partial charge in [0.15, 0.2) is 0 Å². The van der Waals surface area contributed by atoms with Gasteiger partial charge < -0.3 is 20.7 Å². The van der Waals surface area contributed by atoms with Crippen LogP contribution in [-0.4, -0.2) is 33.8 Å². The number of aromatic nitrogens is 2. The number of aliphatic hydroxyl groups excluding tert-OH is 1. The Labute approximate surface area is 79.3 Å². The quantitative estimate of drug-likeness (QED) is 0.536. The topological polar surface area (TPSA) is 114 Å². The normalized spacial score (nSPS) is 26.6. The summed E-state index contributed by atoms with van der Waals surface area (Å²) >= 11 is 0. The molecule has 1 aliphatic heterocycles. The zero-order valence-corrected chi connectivity index (χ0v) is 7.30. The first-order valence-corrected chi connectivity index (χ1v) is 4.21. The fourth-order valence-corrected chi connectivity index (χ4v) is 1.38. The molecule has 2 heterocycles. The van der Waals surface area contributed by atoms with Crippen LogP contribution in [0.25, 0.3) is 0 Å². The summed E-state index contributed by atoms with van der Waals surface area (Å²) in [5.74, 6) is -0.572. The molecule has 1 amide bonds. The summed E-state index contributed by atoms with van der Waals surface area (Å²) in [6.07, 6.45) is 0.0874. The minimum Gasteiger partial charge on any atom is -0.392 e. The van der Waals surface area contributed by atoms with E-state index >= 15 is 0 Å². The Balaban J connectivity index is 2.13. The maximum absolute atomic E-state index is 10.7. The Morgan fingerprint density at radius 1 is 1.71 bits per heavy atom. The highest BCUT2D eigenvalue weighted by molar-refractivity contribution is 5.88. The van der Waals surface area contributed by atoms with Crippen molar-refractivity contribution in [3.05, 3.63) is 11.7 Å². The molecule has 1 saturated heterocycles. The second-order valence-corrected chi connectivity index (χ2v) is 3.17. The van der Waals surface area contributed by atoms with Crippen LogP contribution in [0, 0.1) is 0 Å². The number of nitrogens with one attached hydrogen (secondary N) is 1. The fraction of sp³-hybridized carbons (Fsp3) is 0.571. The monoisotopic (exact) mass is 198 g/mol. The van der Waals surface area contributed by atoms with E-state index in [1.54, 1.807) is 0 Å². The number of β-amino-alcohol motifs (C(OH)–C–C–N with tert-alkyl or cyclic N) is 1. The molecular formula is C7H10N4O3. The molecule has 0 saturated carbocycles. The van der Waals surface area contributed by atoms with Crippen molar-refractivity contribution >= 4 is 5.91 Å². The van der Waals surface area contributed by atoms with E-state index in [9.17, 15) is 9.90 Å². The average Bonchev–Trinajstić information content (AvgIpc) is 2.70. The van der Waals surface area contributed by atoms with Gasteiger partial charge in [-0.05, 0) is 6.42 Å². The third-order valence-electron chi connectivity index (χ3n) is 2.07. The van der Waals surface area contributed by atoms with E-state index in [1.165, 1.54) is 0 Å². The van der Waals surface area contributed by atoms with E-state index in [0.29, 0.717) is 13.0 Å². The number of hydrogen-bond acceptors (Lipinski definition) is 6. The van der Waals surface area contributed by atoms with Crippen LogP contribution in [0.5, 0.6) is 0 Å². The zero-order chi connectivity index (χ0) is 10.1. The molecule has 2 unspecified atom stereocenters. The molecular weight excluding hydrogens is 188 g/mol. The van der Waals surface area contributed by atoms with E-state index in [0.717, 1.165) is 0 Å². The first-order chi connectivity index (χ1) is 6.66. The summed E-state index contributed by atoms with van der Waals surface area (Å²) in [4.78, 5) is 14.5. The SMILES string of the molecule is NC(=O)c1noc(C2CC(O)CN2)n1. The molecule has 14 heavy (non-hydrogen) atoms. The molecule has 0 aliphatic carbocycles. The lowest BCUT2D eigenvalue weighted by Crippen LogP contribution is -2.16. The Morgan fingerprint density at radius 3 is 3.00 bits per heavy atom. The Bertz CT molecular complexity index is 350. The summed E-state index contributed by atoms with van der Waals surface area (Å²) in [5.41, 5.74) is 4.96. The van der Waals surface area contributed by atoms with Crippen LogP contribution < -0.4 is 11.1 Å². The lowest BCUT2D eigenvalue weighted by molar-refractivity contribution is 0.0987. The van der Waals surface area contributed by atoms with Crippen molar-refractivity contribution in [2.24, 2.45) is 5.73 Å². The average molecular weight is 198 g/mol. The van der Waals surface area contributed by atoms with Crippen molar-refractivity contribution in [2.45, 2.75) is 18.6 Å². The fourth-order valence-electron chi connectivity index (χ4n) is 1.38. The van der Waals surface area contributed by atoms with Gasteiger partial charge in [0, 0.05) is 6.54 Å². The highest BCUT2D eigenvalue weighted by Gasteiger charge is 2.28. The smallest absolute Gasteiger partial charge is 0.290 e. The first-order valence-electron chi connectivity index (χ1n) is 4.21. The van der Waals surface area contributed by atoms with Gasteiger partial charge in [-0.1, -0.05) is 5.16 Å². The van der Waals surface area contributed by atoms with E-state index in [-0.39, 0.29) is 17.8 Å². The minimum atomic E-state index is -0.724. The highest BCUT2D eigenvalue weighted by atomic mass is 16.5. The molecule has 0 radical (unpaired) electrons. The Kier molecular flexibility index (Phi) is 2.18. The zero-order valence-electron chi connectivity index (χ0n) is 7.30. The van der Waals surface area contributed by atoms with Crippen molar-refractivity contribution in [2.75, 3.05) is 6.54 Å². The van der Waals surface area contributed by atoms with Crippen LogP contribution in [0.15, 0.2) is 4.52 Å². The molecule has 1 aromatic heterocycles. The number of nitrogens with zero attached hydrogens (tertiary/aromatic N) is 2. The molecule has 1 aromatic rings. The second kappa shape index (κ2) is 3.35. The van der Waals surface area contributed by atoms with Crippen LogP contribution in [0.3, 0.4) is 0 Å². The third-order valence-corrected chi connectivity index (χ3v) is 2.07. The number of nitrogens with two attached hydrogens (primary N) is 1. The van der Waals surface area contributed by atoms with E-state index < -0.39 is 12.0 Å². The van der Waals surface area contributed by atoms with E-state index in [4.69, 9.17) is 10.3 Å². The van der Waals surface area contributed by atoms with Crippen molar-refractivity contribution in [3.63, 3.8) is 0 Å². The Hall–Kier alpha value is -1.47. The molecule has 4 N–H and O–H groups in total. The lowest BCUT2D eigenvalue weighted by Gasteiger charge is -2.01. The summed E-state index contributed by atoms with van der Waals surface area (Å²) in [6.45, 7) is 0.485. The van der Waals surface area contributed by atoms with Gasteiger partial charge >= 0.3 is 0 Å². The van der Waals surface area contributed by atoms with Gasteiger partial charge in [0.25, 0.3) is 11.7 Å². The number of primary amides is 1. The Morgan fingerprint density at radius 2 is 2.50 bits per heavy atom. The molecule has 7 heteroatoms. The van der Waals surface area contributed by atoms with Gasteiger partial charge in [0.1, 0.15) is 0 Å². The number of hydrogen-bond donors (Lipinski definition) is 3. The van der Waals surface area contributed by atoms with Crippen LogP contribution >= 0.6 is 0 Å². The van der Waals surface area contributed by atoms with Crippen LogP contribution in [0.4, 0.5) is 0 Å². The molecule has 0 bridgehead atoms.